The van der Waals surface area contributed by atoms with Crippen LogP contribution in [-0.2, 0) is 6.61 Å². The van der Waals surface area contributed by atoms with Crippen LogP contribution in [0.25, 0.3) is 0 Å². The molecule has 102 valence electrons. The second-order valence-corrected chi connectivity index (χ2v) is 4.31. The molecule has 0 N–H and O–H groups in total. The second-order valence-electron chi connectivity index (χ2n) is 4.31. The van der Waals surface area contributed by atoms with Crippen molar-refractivity contribution < 1.29 is 26.5 Å². The van der Waals surface area contributed by atoms with E-state index in [9.17, 15) is 0 Å². The third-order valence-electron chi connectivity index (χ3n) is 2.39. The third-order valence-corrected chi connectivity index (χ3v) is 2.39. The Morgan fingerprint density at radius 1 is 1.00 bits per heavy atom. The SMILES string of the molecule is CC(C)Oc1ccccc1OCc1cc[c-]cc1.[Br-].[Mg+2]. The van der Waals surface area contributed by atoms with Crippen molar-refractivity contribution in [2.45, 2.75) is 26.6 Å². The van der Waals surface area contributed by atoms with E-state index in [1.807, 2.05) is 62.4 Å². The van der Waals surface area contributed by atoms with Crippen LogP contribution in [0.15, 0.2) is 48.5 Å². The maximum Gasteiger partial charge on any atom is 2.00 e. The van der Waals surface area contributed by atoms with E-state index in [1.165, 1.54) is 0 Å². The summed E-state index contributed by atoms with van der Waals surface area (Å²) in [7, 11) is 0. The summed E-state index contributed by atoms with van der Waals surface area (Å²) in [6, 6.07) is 18.5. The number of benzene rings is 2. The first kappa shape index (κ1) is 19.3. The van der Waals surface area contributed by atoms with Crippen molar-refractivity contribution in [1.29, 1.82) is 0 Å². The molecule has 4 heteroatoms. The first-order valence-electron chi connectivity index (χ1n) is 6.09. The van der Waals surface area contributed by atoms with Gasteiger partial charge in [0.15, 0.2) is 11.5 Å². The molecule has 0 spiro atoms. The van der Waals surface area contributed by atoms with Gasteiger partial charge in [0.25, 0.3) is 0 Å². The van der Waals surface area contributed by atoms with Crippen molar-refractivity contribution in [1.82, 2.24) is 0 Å². The van der Waals surface area contributed by atoms with Crippen LogP contribution >= 0.6 is 0 Å². The molecule has 0 fully saturated rings. The van der Waals surface area contributed by atoms with Crippen molar-refractivity contribution in [3.8, 4) is 11.5 Å². The van der Waals surface area contributed by atoms with Gasteiger partial charge in [-0.2, -0.15) is 30.3 Å². The molecule has 0 bridgehead atoms. The maximum atomic E-state index is 5.79. The summed E-state index contributed by atoms with van der Waals surface area (Å²) in [5.41, 5.74) is 1.12. The average molecular weight is 346 g/mol. The molecule has 2 aromatic rings. The molecular weight excluding hydrogens is 328 g/mol. The van der Waals surface area contributed by atoms with E-state index >= 15 is 0 Å². The van der Waals surface area contributed by atoms with Crippen molar-refractivity contribution in [3.05, 3.63) is 60.2 Å². The van der Waals surface area contributed by atoms with E-state index in [1.54, 1.807) is 0 Å². The number of hydrogen-bond acceptors (Lipinski definition) is 2. The predicted octanol–water partition coefficient (Wildman–Crippen LogP) is 0.476. The molecule has 0 aromatic heterocycles. The van der Waals surface area contributed by atoms with Crippen LogP contribution < -0.4 is 26.5 Å². The molecule has 0 amide bonds. The summed E-state index contributed by atoms with van der Waals surface area (Å²) in [6.07, 6.45) is 0.140. The summed E-state index contributed by atoms with van der Waals surface area (Å²) < 4.78 is 11.5. The molecule has 2 nitrogen and oxygen atoms in total. The number of hydrogen-bond donors (Lipinski definition) is 0. The normalized spacial score (nSPS) is 9.35. The molecule has 0 saturated heterocycles. The minimum absolute atomic E-state index is 0. The Balaban J connectivity index is 0.00000180. The molecule has 0 heterocycles. The van der Waals surface area contributed by atoms with Gasteiger partial charge in [0.05, 0.1) is 12.7 Å². The Kier molecular flexibility index (Phi) is 9.72. The molecule has 0 saturated carbocycles. The topological polar surface area (TPSA) is 18.5 Å². The van der Waals surface area contributed by atoms with Crippen LogP contribution in [0.1, 0.15) is 19.4 Å². The zero-order chi connectivity index (χ0) is 12.8. The van der Waals surface area contributed by atoms with Gasteiger partial charge in [-0.1, -0.05) is 12.1 Å². The Labute approximate surface area is 147 Å². The van der Waals surface area contributed by atoms with Gasteiger partial charge in [0.2, 0.25) is 0 Å². The Morgan fingerprint density at radius 3 is 2.20 bits per heavy atom. The molecule has 0 aliphatic rings. The van der Waals surface area contributed by atoms with Gasteiger partial charge in [-0.25, -0.2) is 0 Å². The standard InChI is InChI=1S/C16H17O2.BrH.Mg/c1-13(2)18-16-11-7-6-10-15(16)17-12-14-8-4-3-5-9-14;;/h4-11,13H,12H2,1-2H3;1H;/q-1;;+2/p-1. The first-order chi connectivity index (χ1) is 8.75. The molecule has 0 aliphatic heterocycles. The van der Waals surface area contributed by atoms with Crippen LogP contribution in [0.5, 0.6) is 11.5 Å². The number of rotatable bonds is 5. The summed E-state index contributed by atoms with van der Waals surface area (Å²) in [5.74, 6) is 1.56. The number of halogens is 1. The number of para-hydroxylation sites is 2. The van der Waals surface area contributed by atoms with Crippen LogP contribution in [0.3, 0.4) is 0 Å². The van der Waals surface area contributed by atoms with E-state index < -0.39 is 0 Å². The fourth-order valence-electron chi connectivity index (χ4n) is 1.60. The second kappa shape index (κ2) is 10.1. The summed E-state index contributed by atoms with van der Waals surface area (Å²) >= 11 is 0. The van der Waals surface area contributed by atoms with E-state index in [2.05, 4.69) is 6.07 Å². The monoisotopic (exact) mass is 344 g/mol. The van der Waals surface area contributed by atoms with E-state index in [4.69, 9.17) is 9.47 Å². The molecular formula is C16H17BrMgO2. The zero-order valence-corrected chi connectivity index (χ0v) is 14.8. The molecule has 0 radical (unpaired) electrons. The average Bonchev–Trinajstić information content (AvgIpc) is 2.38. The summed E-state index contributed by atoms with van der Waals surface area (Å²) in [6.45, 7) is 4.54. The van der Waals surface area contributed by atoms with Gasteiger partial charge in [-0.15, -0.1) is 5.56 Å². The van der Waals surface area contributed by atoms with Crippen LogP contribution in [0.4, 0.5) is 0 Å². The maximum absolute atomic E-state index is 5.79. The number of ether oxygens (including phenoxy) is 2. The Bertz CT molecular complexity index is 489. The van der Waals surface area contributed by atoms with Crippen LogP contribution in [0, 0.1) is 6.07 Å². The van der Waals surface area contributed by atoms with E-state index in [-0.39, 0.29) is 46.1 Å². The van der Waals surface area contributed by atoms with E-state index in [0.717, 1.165) is 17.1 Å². The van der Waals surface area contributed by atoms with Gasteiger partial charge in [0, 0.05) is 0 Å². The fourth-order valence-corrected chi connectivity index (χ4v) is 1.60. The Hall–Kier alpha value is -0.714. The van der Waals surface area contributed by atoms with Gasteiger partial charge in [-0.05, 0) is 26.0 Å². The first-order valence-corrected chi connectivity index (χ1v) is 6.09. The zero-order valence-electron chi connectivity index (χ0n) is 11.8. The van der Waals surface area contributed by atoms with E-state index in [0.29, 0.717) is 6.61 Å². The summed E-state index contributed by atoms with van der Waals surface area (Å²) in [5, 5.41) is 0. The molecule has 2 aromatic carbocycles. The molecule has 20 heavy (non-hydrogen) atoms. The van der Waals surface area contributed by atoms with Crippen molar-refractivity contribution in [2.24, 2.45) is 0 Å². The van der Waals surface area contributed by atoms with Gasteiger partial charge < -0.3 is 26.5 Å². The minimum atomic E-state index is 0. The van der Waals surface area contributed by atoms with Gasteiger partial charge >= 0.3 is 23.1 Å². The molecule has 2 rings (SSSR count). The van der Waals surface area contributed by atoms with Crippen molar-refractivity contribution in [3.63, 3.8) is 0 Å². The quantitative estimate of drug-likeness (QED) is 0.580. The van der Waals surface area contributed by atoms with Crippen LogP contribution in [0.2, 0.25) is 0 Å². The van der Waals surface area contributed by atoms with Crippen molar-refractivity contribution in [2.75, 3.05) is 0 Å². The molecule has 0 atom stereocenters. The van der Waals surface area contributed by atoms with Gasteiger partial charge in [0.1, 0.15) is 0 Å². The molecule has 0 unspecified atom stereocenters. The molecule has 0 aliphatic carbocycles. The predicted molar refractivity (Wildman–Crippen MR) is 77.6 cm³/mol. The minimum Gasteiger partial charge on any atom is -1.00 e. The largest absolute Gasteiger partial charge is 2.00 e. The smallest absolute Gasteiger partial charge is 1.00 e. The Morgan fingerprint density at radius 2 is 1.60 bits per heavy atom. The summed E-state index contributed by atoms with van der Waals surface area (Å²) in [4.78, 5) is 0. The van der Waals surface area contributed by atoms with Gasteiger partial charge in [-0.3, -0.25) is 0 Å². The third kappa shape index (κ3) is 6.16. The fraction of sp³-hybridized carbons (Fsp3) is 0.250. The van der Waals surface area contributed by atoms with Crippen LogP contribution in [-0.4, -0.2) is 29.2 Å². The van der Waals surface area contributed by atoms with Crippen molar-refractivity contribution >= 4 is 23.1 Å².